The van der Waals surface area contributed by atoms with Gasteiger partial charge in [-0.3, -0.25) is 0 Å². The molecule has 0 heterocycles. The lowest BCUT2D eigenvalue weighted by Crippen LogP contribution is -2.38. The maximum Gasteiger partial charge on any atom is 0.119 e. The number of nitrogens with one attached hydrogen (secondary N) is 1. The summed E-state index contributed by atoms with van der Waals surface area (Å²) < 4.78 is 5.50. The van der Waals surface area contributed by atoms with Gasteiger partial charge in [-0.25, -0.2) is 0 Å². The Bertz CT molecular complexity index is 388. The van der Waals surface area contributed by atoms with Crippen molar-refractivity contribution in [2.24, 2.45) is 5.92 Å². The van der Waals surface area contributed by atoms with Gasteiger partial charge in [0.1, 0.15) is 12.4 Å². The van der Waals surface area contributed by atoms with Crippen LogP contribution in [-0.4, -0.2) is 38.2 Å². The molecule has 0 aromatic heterocycles. The monoisotopic (exact) mass is 290 g/mol. The molecule has 1 unspecified atom stereocenters. The van der Waals surface area contributed by atoms with E-state index in [4.69, 9.17) is 4.74 Å². The van der Waals surface area contributed by atoms with Crippen LogP contribution in [0.25, 0.3) is 0 Å². The van der Waals surface area contributed by atoms with Crippen LogP contribution in [0.3, 0.4) is 0 Å². The van der Waals surface area contributed by atoms with Gasteiger partial charge in [0.25, 0.3) is 0 Å². The van der Waals surface area contributed by atoms with Gasteiger partial charge in [0.05, 0.1) is 0 Å². The van der Waals surface area contributed by atoms with Gasteiger partial charge >= 0.3 is 0 Å². The van der Waals surface area contributed by atoms with Crippen LogP contribution < -0.4 is 10.1 Å². The molecule has 3 nitrogen and oxygen atoms in total. The van der Waals surface area contributed by atoms with E-state index in [0.717, 1.165) is 18.8 Å². The van der Waals surface area contributed by atoms with Gasteiger partial charge in [0.15, 0.2) is 0 Å². The van der Waals surface area contributed by atoms with Crippen molar-refractivity contribution in [3.8, 4) is 5.75 Å². The molecule has 0 spiro atoms. The lowest BCUT2D eigenvalue weighted by molar-refractivity contribution is 0.305. The quantitative estimate of drug-likeness (QED) is 0.669. The molecule has 1 aromatic rings. The van der Waals surface area contributed by atoms with Crippen molar-refractivity contribution in [2.45, 2.75) is 32.9 Å². The van der Waals surface area contributed by atoms with Crippen LogP contribution in [0.2, 0.25) is 0 Å². The van der Waals surface area contributed by atoms with Crippen LogP contribution in [0.15, 0.2) is 36.9 Å². The zero-order valence-electron chi connectivity index (χ0n) is 13.9. The molecule has 1 aromatic carbocycles. The molecule has 1 N–H and O–H groups in total. The number of nitrogens with zero attached hydrogens (tertiary/aromatic N) is 1. The lowest BCUT2D eigenvalue weighted by Gasteiger charge is -2.24. The Morgan fingerprint density at radius 1 is 1.24 bits per heavy atom. The molecular formula is C18H30N2O. The molecule has 0 saturated heterocycles. The first-order valence-corrected chi connectivity index (χ1v) is 7.72. The molecule has 3 heteroatoms. The number of hydrogen-bond donors (Lipinski definition) is 1. The van der Waals surface area contributed by atoms with Crippen LogP contribution in [0, 0.1) is 5.92 Å². The Kier molecular flexibility index (Phi) is 8.09. The van der Waals surface area contributed by atoms with Crippen LogP contribution in [-0.2, 0) is 6.54 Å². The molecule has 0 amide bonds. The molecule has 21 heavy (non-hydrogen) atoms. The minimum atomic E-state index is 0.525. The van der Waals surface area contributed by atoms with E-state index >= 15 is 0 Å². The minimum absolute atomic E-state index is 0.525. The summed E-state index contributed by atoms with van der Waals surface area (Å²) >= 11 is 0. The highest BCUT2D eigenvalue weighted by Gasteiger charge is 2.11. The summed E-state index contributed by atoms with van der Waals surface area (Å²) in [5.74, 6) is 1.60. The fourth-order valence-electron chi connectivity index (χ4n) is 2.35. The molecule has 0 aliphatic heterocycles. The molecule has 0 radical (unpaired) electrons. The fraction of sp³-hybridized carbons (Fsp3) is 0.556. The summed E-state index contributed by atoms with van der Waals surface area (Å²) in [5, 5.41) is 3.66. The summed E-state index contributed by atoms with van der Waals surface area (Å²) in [6, 6.07) is 8.80. The molecule has 0 aliphatic carbocycles. The first kappa shape index (κ1) is 17.7. The van der Waals surface area contributed by atoms with E-state index in [9.17, 15) is 0 Å². The Balaban J connectivity index is 2.48. The molecule has 0 saturated carbocycles. The zero-order valence-corrected chi connectivity index (χ0v) is 13.9. The van der Waals surface area contributed by atoms with E-state index in [0.29, 0.717) is 18.6 Å². The average Bonchev–Trinajstić information content (AvgIpc) is 2.42. The van der Waals surface area contributed by atoms with Crippen molar-refractivity contribution in [3.05, 3.63) is 42.5 Å². The van der Waals surface area contributed by atoms with E-state index in [2.05, 4.69) is 56.9 Å². The first-order valence-electron chi connectivity index (χ1n) is 7.72. The summed E-state index contributed by atoms with van der Waals surface area (Å²) in [7, 11) is 4.25. The summed E-state index contributed by atoms with van der Waals surface area (Å²) in [6.45, 7) is 10.7. The number of benzene rings is 1. The Morgan fingerprint density at radius 2 is 1.90 bits per heavy atom. The van der Waals surface area contributed by atoms with E-state index in [1.807, 2.05) is 12.1 Å². The molecule has 0 aliphatic rings. The van der Waals surface area contributed by atoms with Crippen molar-refractivity contribution in [1.82, 2.24) is 10.2 Å². The zero-order chi connectivity index (χ0) is 15.7. The Labute approximate surface area is 130 Å². The maximum absolute atomic E-state index is 5.50. The maximum atomic E-state index is 5.50. The topological polar surface area (TPSA) is 24.5 Å². The third-order valence-corrected chi connectivity index (χ3v) is 3.23. The van der Waals surface area contributed by atoms with Gasteiger partial charge in [-0.15, -0.1) is 0 Å². The van der Waals surface area contributed by atoms with Gasteiger partial charge < -0.3 is 15.0 Å². The van der Waals surface area contributed by atoms with Crippen LogP contribution in [0.1, 0.15) is 25.8 Å². The largest absolute Gasteiger partial charge is 0.490 e. The summed E-state index contributed by atoms with van der Waals surface area (Å²) in [5.41, 5.74) is 1.29. The lowest BCUT2D eigenvalue weighted by atomic mass is 10.0. The van der Waals surface area contributed by atoms with Crippen molar-refractivity contribution in [3.63, 3.8) is 0 Å². The molecule has 118 valence electrons. The van der Waals surface area contributed by atoms with Gasteiger partial charge in [0, 0.05) is 19.1 Å². The standard InChI is InChI=1S/C18H30N2O/c1-6-11-21-18-9-7-16(8-10-18)13-19-17(12-15(2)3)14-20(4)5/h6-10,15,17,19H,1,11-14H2,2-5H3. The van der Waals surface area contributed by atoms with Gasteiger partial charge in [-0.05, 0) is 44.1 Å². The fourth-order valence-corrected chi connectivity index (χ4v) is 2.35. The van der Waals surface area contributed by atoms with Gasteiger partial charge in [-0.1, -0.05) is 38.6 Å². The second-order valence-electron chi connectivity index (χ2n) is 6.21. The van der Waals surface area contributed by atoms with E-state index in [-0.39, 0.29) is 0 Å². The number of hydrogen-bond acceptors (Lipinski definition) is 3. The van der Waals surface area contributed by atoms with Crippen LogP contribution in [0.5, 0.6) is 5.75 Å². The van der Waals surface area contributed by atoms with Crippen molar-refractivity contribution in [1.29, 1.82) is 0 Å². The number of rotatable bonds is 10. The number of ether oxygens (including phenoxy) is 1. The Morgan fingerprint density at radius 3 is 2.43 bits per heavy atom. The molecular weight excluding hydrogens is 260 g/mol. The number of likely N-dealkylation sites (N-methyl/N-ethyl adjacent to an activating group) is 1. The second kappa shape index (κ2) is 9.59. The molecule has 1 rings (SSSR count). The molecule has 0 bridgehead atoms. The van der Waals surface area contributed by atoms with Crippen molar-refractivity contribution < 1.29 is 4.74 Å². The van der Waals surface area contributed by atoms with Gasteiger partial charge in [0.2, 0.25) is 0 Å². The average molecular weight is 290 g/mol. The van der Waals surface area contributed by atoms with Crippen LogP contribution >= 0.6 is 0 Å². The Hall–Kier alpha value is -1.32. The van der Waals surface area contributed by atoms with Gasteiger partial charge in [-0.2, -0.15) is 0 Å². The second-order valence-corrected chi connectivity index (χ2v) is 6.21. The predicted octanol–water partition coefficient (Wildman–Crippen LogP) is 3.32. The van der Waals surface area contributed by atoms with E-state index < -0.39 is 0 Å². The highest BCUT2D eigenvalue weighted by molar-refractivity contribution is 5.27. The predicted molar refractivity (Wildman–Crippen MR) is 90.8 cm³/mol. The SMILES string of the molecule is C=CCOc1ccc(CNC(CC(C)C)CN(C)C)cc1. The highest BCUT2D eigenvalue weighted by Crippen LogP contribution is 2.13. The summed E-state index contributed by atoms with van der Waals surface area (Å²) in [6.07, 6.45) is 2.95. The molecule has 0 fully saturated rings. The van der Waals surface area contributed by atoms with E-state index in [1.54, 1.807) is 6.08 Å². The minimum Gasteiger partial charge on any atom is -0.490 e. The molecule has 1 atom stereocenters. The van der Waals surface area contributed by atoms with Crippen molar-refractivity contribution in [2.75, 3.05) is 27.2 Å². The first-order chi connectivity index (χ1) is 10.0. The third-order valence-electron chi connectivity index (χ3n) is 3.23. The van der Waals surface area contributed by atoms with Crippen molar-refractivity contribution >= 4 is 0 Å². The summed E-state index contributed by atoms with van der Waals surface area (Å²) in [4.78, 5) is 2.24. The highest BCUT2D eigenvalue weighted by atomic mass is 16.5. The third kappa shape index (κ3) is 7.88. The van der Waals surface area contributed by atoms with Crippen LogP contribution in [0.4, 0.5) is 0 Å². The van der Waals surface area contributed by atoms with E-state index in [1.165, 1.54) is 12.0 Å². The smallest absolute Gasteiger partial charge is 0.119 e. The normalized spacial score (nSPS) is 12.7.